The summed E-state index contributed by atoms with van der Waals surface area (Å²) in [6, 6.07) is 8.52. The predicted octanol–water partition coefficient (Wildman–Crippen LogP) is 2.07. The summed E-state index contributed by atoms with van der Waals surface area (Å²) in [5, 5.41) is 7.23. The van der Waals surface area contributed by atoms with Crippen LogP contribution in [0.15, 0.2) is 30.5 Å². The van der Waals surface area contributed by atoms with Gasteiger partial charge in [-0.1, -0.05) is 29.8 Å². The number of nitrogens with zero attached hydrogens (tertiary/aromatic N) is 3. The van der Waals surface area contributed by atoms with Gasteiger partial charge < -0.3 is 10.2 Å². The zero-order valence-corrected chi connectivity index (χ0v) is 13.9. The number of amides is 1. The molecular weight excluding hydrogens is 276 g/mol. The number of hydrogen-bond acceptors (Lipinski definition) is 3. The molecule has 5 nitrogen and oxygen atoms in total. The number of rotatable bonds is 5. The molecule has 1 N–H and O–H groups in total. The van der Waals surface area contributed by atoms with Gasteiger partial charge in [-0.3, -0.25) is 9.48 Å². The zero-order valence-electron chi connectivity index (χ0n) is 13.9. The van der Waals surface area contributed by atoms with Gasteiger partial charge in [0.1, 0.15) is 0 Å². The summed E-state index contributed by atoms with van der Waals surface area (Å²) in [7, 11) is 5.86. The summed E-state index contributed by atoms with van der Waals surface area (Å²) in [6.07, 6.45) is 1.75. The lowest BCUT2D eigenvalue weighted by Crippen LogP contribution is -2.34. The lowest BCUT2D eigenvalue weighted by molar-refractivity contribution is 0.0941. The Labute approximate surface area is 131 Å². The fourth-order valence-corrected chi connectivity index (χ4v) is 2.58. The SMILES string of the molecule is Cc1cccc([C@H](CNC(=O)c2cn(C)nc2C)N(C)C)c1. The maximum Gasteiger partial charge on any atom is 0.254 e. The normalized spacial score (nSPS) is 12.5. The van der Waals surface area contributed by atoms with E-state index in [0.29, 0.717) is 12.1 Å². The maximum absolute atomic E-state index is 12.3. The summed E-state index contributed by atoms with van der Waals surface area (Å²) in [4.78, 5) is 14.4. The number of nitrogens with one attached hydrogen (secondary N) is 1. The third-order valence-electron chi connectivity index (χ3n) is 3.76. The van der Waals surface area contributed by atoms with Crippen LogP contribution >= 0.6 is 0 Å². The topological polar surface area (TPSA) is 50.2 Å². The molecule has 2 rings (SSSR count). The second-order valence-electron chi connectivity index (χ2n) is 5.91. The lowest BCUT2D eigenvalue weighted by atomic mass is 10.0. The van der Waals surface area contributed by atoms with Crippen molar-refractivity contribution >= 4 is 5.91 Å². The van der Waals surface area contributed by atoms with E-state index < -0.39 is 0 Å². The van der Waals surface area contributed by atoms with Gasteiger partial charge in [-0.2, -0.15) is 5.10 Å². The van der Waals surface area contributed by atoms with Crippen molar-refractivity contribution in [3.05, 3.63) is 52.8 Å². The maximum atomic E-state index is 12.3. The third kappa shape index (κ3) is 3.74. The van der Waals surface area contributed by atoms with E-state index in [9.17, 15) is 4.79 Å². The second kappa shape index (κ2) is 6.75. The van der Waals surface area contributed by atoms with Crippen molar-refractivity contribution in [2.24, 2.45) is 7.05 Å². The number of likely N-dealkylation sites (N-methyl/N-ethyl adjacent to an activating group) is 1. The molecule has 1 heterocycles. The van der Waals surface area contributed by atoms with Crippen LogP contribution in [0.5, 0.6) is 0 Å². The Morgan fingerprint density at radius 1 is 1.36 bits per heavy atom. The molecule has 5 heteroatoms. The van der Waals surface area contributed by atoms with E-state index >= 15 is 0 Å². The van der Waals surface area contributed by atoms with E-state index in [-0.39, 0.29) is 11.9 Å². The van der Waals surface area contributed by atoms with Gasteiger partial charge in [0.25, 0.3) is 5.91 Å². The van der Waals surface area contributed by atoms with Crippen molar-refractivity contribution in [1.29, 1.82) is 0 Å². The van der Waals surface area contributed by atoms with Gasteiger partial charge in [-0.25, -0.2) is 0 Å². The molecule has 1 aromatic carbocycles. The molecule has 22 heavy (non-hydrogen) atoms. The molecule has 0 aliphatic carbocycles. The average molecular weight is 300 g/mol. The fraction of sp³-hybridized carbons (Fsp3) is 0.412. The Hall–Kier alpha value is -2.14. The van der Waals surface area contributed by atoms with Crippen LogP contribution in [-0.4, -0.2) is 41.2 Å². The van der Waals surface area contributed by atoms with E-state index in [1.165, 1.54) is 11.1 Å². The molecular formula is C17H24N4O. The summed E-state index contributed by atoms with van der Waals surface area (Å²) < 4.78 is 1.66. The Morgan fingerprint density at radius 2 is 2.09 bits per heavy atom. The average Bonchev–Trinajstić information content (AvgIpc) is 2.77. The van der Waals surface area contributed by atoms with Crippen LogP contribution in [0.1, 0.15) is 33.2 Å². The minimum Gasteiger partial charge on any atom is -0.350 e. The smallest absolute Gasteiger partial charge is 0.254 e. The third-order valence-corrected chi connectivity index (χ3v) is 3.76. The number of benzene rings is 1. The van der Waals surface area contributed by atoms with Crippen LogP contribution in [0.25, 0.3) is 0 Å². The van der Waals surface area contributed by atoms with Crippen molar-refractivity contribution in [2.45, 2.75) is 19.9 Å². The first-order chi connectivity index (χ1) is 10.4. The molecule has 0 aliphatic rings. The standard InChI is InChI=1S/C17H24N4O/c1-12-7-6-8-14(9-12)16(20(3)4)10-18-17(22)15-11-21(5)19-13(15)2/h6-9,11,16H,10H2,1-5H3,(H,18,22)/t16-/m0/s1. The summed E-state index contributed by atoms with van der Waals surface area (Å²) in [6.45, 7) is 4.48. The fourth-order valence-electron chi connectivity index (χ4n) is 2.58. The molecule has 0 unspecified atom stereocenters. The highest BCUT2D eigenvalue weighted by molar-refractivity contribution is 5.95. The molecule has 0 bridgehead atoms. The molecule has 2 aromatic rings. The molecule has 0 fully saturated rings. The first kappa shape index (κ1) is 16.2. The Balaban J connectivity index is 2.09. The van der Waals surface area contributed by atoms with Crippen LogP contribution in [-0.2, 0) is 7.05 Å². The first-order valence-electron chi connectivity index (χ1n) is 7.40. The van der Waals surface area contributed by atoms with Crippen molar-refractivity contribution < 1.29 is 4.79 Å². The molecule has 0 aliphatic heterocycles. The van der Waals surface area contributed by atoms with Gasteiger partial charge in [0.2, 0.25) is 0 Å². The highest BCUT2D eigenvalue weighted by Crippen LogP contribution is 2.18. The van der Waals surface area contributed by atoms with Gasteiger partial charge in [-0.05, 0) is 33.5 Å². The predicted molar refractivity (Wildman–Crippen MR) is 87.9 cm³/mol. The van der Waals surface area contributed by atoms with Crippen LogP contribution in [0.2, 0.25) is 0 Å². The molecule has 0 spiro atoms. The quantitative estimate of drug-likeness (QED) is 0.919. The lowest BCUT2D eigenvalue weighted by Gasteiger charge is -2.25. The van der Waals surface area contributed by atoms with Crippen LogP contribution in [0.4, 0.5) is 0 Å². The van der Waals surface area contributed by atoms with Crippen molar-refractivity contribution in [3.8, 4) is 0 Å². The highest BCUT2D eigenvalue weighted by Gasteiger charge is 2.18. The number of aromatic nitrogens is 2. The molecule has 0 saturated heterocycles. The molecule has 1 aromatic heterocycles. The van der Waals surface area contributed by atoms with Crippen molar-refractivity contribution in [2.75, 3.05) is 20.6 Å². The largest absolute Gasteiger partial charge is 0.350 e. The summed E-state index contributed by atoms with van der Waals surface area (Å²) in [5.74, 6) is -0.0786. The minimum atomic E-state index is -0.0786. The van der Waals surface area contributed by atoms with Crippen LogP contribution in [0, 0.1) is 13.8 Å². The Morgan fingerprint density at radius 3 is 2.64 bits per heavy atom. The number of hydrogen-bond donors (Lipinski definition) is 1. The Bertz CT molecular complexity index is 660. The summed E-state index contributed by atoms with van der Waals surface area (Å²) >= 11 is 0. The molecule has 0 saturated carbocycles. The molecule has 1 amide bonds. The van der Waals surface area contributed by atoms with Gasteiger partial charge in [0.05, 0.1) is 17.3 Å². The van der Waals surface area contributed by atoms with Crippen LogP contribution < -0.4 is 5.32 Å². The second-order valence-corrected chi connectivity index (χ2v) is 5.91. The van der Waals surface area contributed by atoms with Crippen LogP contribution in [0.3, 0.4) is 0 Å². The van der Waals surface area contributed by atoms with Gasteiger partial charge >= 0.3 is 0 Å². The molecule has 1 atom stereocenters. The van der Waals surface area contributed by atoms with Gasteiger partial charge in [0, 0.05) is 19.8 Å². The van der Waals surface area contributed by atoms with E-state index in [2.05, 4.69) is 40.4 Å². The number of aryl methyl sites for hydroxylation is 3. The van der Waals surface area contributed by atoms with Gasteiger partial charge in [-0.15, -0.1) is 0 Å². The molecule has 0 radical (unpaired) electrons. The number of carbonyl (C=O) groups excluding carboxylic acids is 1. The van der Waals surface area contributed by atoms with E-state index in [1.54, 1.807) is 10.9 Å². The molecule has 118 valence electrons. The first-order valence-corrected chi connectivity index (χ1v) is 7.40. The summed E-state index contributed by atoms with van der Waals surface area (Å²) in [5.41, 5.74) is 3.80. The van der Waals surface area contributed by atoms with E-state index in [4.69, 9.17) is 0 Å². The van der Waals surface area contributed by atoms with E-state index in [0.717, 1.165) is 5.69 Å². The monoisotopic (exact) mass is 300 g/mol. The van der Waals surface area contributed by atoms with Gasteiger partial charge in [0.15, 0.2) is 0 Å². The van der Waals surface area contributed by atoms with Crippen molar-refractivity contribution in [3.63, 3.8) is 0 Å². The zero-order chi connectivity index (χ0) is 16.3. The van der Waals surface area contributed by atoms with E-state index in [1.807, 2.05) is 34.1 Å². The highest BCUT2D eigenvalue weighted by atomic mass is 16.1. The number of carbonyl (C=O) groups is 1. The minimum absolute atomic E-state index is 0.0786. The Kier molecular flexibility index (Phi) is 4.98. The van der Waals surface area contributed by atoms with Crippen molar-refractivity contribution in [1.82, 2.24) is 20.0 Å².